The van der Waals surface area contributed by atoms with Crippen molar-refractivity contribution in [2.45, 2.75) is 90.0 Å². The fourth-order valence-corrected chi connectivity index (χ4v) is 5.44. The molecular weight excluding hydrogens is 418 g/mol. The highest BCUT2D eigenvalue weighted by molar-refractivity contribution is 7.99. The maximum atomic E-state index is 13.2. The lowest BCUT2D eigenvalue weighted by Gasteiger charge is -2.31. The SMILES string of the molecule is COC(=O)CCCCCCCC/C=C/[C@@H]1CS[C@H](c2ccccc2)N1C(=O)CC(C)(C)C. The van der Waals surface area contributed by atoms with E-state index in [-0.39, 0.29) is 28.7 Å². The number of methoxy groups -OCH3 is 1. The maximum Gasteiger partial charge on any atom is 0.305 e. The van der Waals surface area contributed by atoms with Gasteiger partial charge in [0.2, 0.25) is 5.91 Å². The Kier molecular flexibility index (Phi) is 11.4. The molecule has 1 saturated heterocycles. The highest BCUT2D eigenvalue weighted by atomic mass is 32.2. The van der Waals surface area contributed by atoms with E-state index in [0.717, 1.165) is 25.0 Å². The van der Waals surface area contributed by atoms with E-state index in [1.807, 2.05) is 17.8 Å². The summed E-state index contributed by atoms with van der Waals surface area (Å²) in [4.78, 5) is 26.4. The van der Waals surface area contributed by atoms with Crippen LogP contribution in [0.5, 0.6) is 0 Å². The van der Waals surface area contributed by atoms with Gasteiger partial charge in [0, 0.05) is 18.6 Å². The standard InChI is InChI=1S/C27H41NO3S/c1-27(2,3)20-24(29)28-23(21-32-26(28)22-16-12-11-13-17-22)18-14-9-7-5-6-8-10-15-19-25(30)31-4/h11-14,16-18,23,26H,5-10,15,19-21H2,1-4H3/b18-14+/t23-,26-/m1/s1. The van der Waals surface area contributed by atoms with Crippen molar-refractivity contribution in [2.75, 3.05) is 12.9 Å². The lowest BCUT2D eigenvalue weighted by Crippen LogP contribution is -2.38. The number of allylic oxidation sites excluding steroid dienone is 1. The molecule has 1 aromatic rings. The van der Waals surface area contributed by atoms with E-state index in [1.54, 1.807) is 0 Å². The summed E-state index contributed by atoms with van der Waals surface area (Å²) in [5.41, 5.74) is 1.19. The number of esters is 1. The second-order valence-corrected chi connectivity index (χ2v) is 11.0. The number of amides is 1. The van der Waals surface area contributed by atoms with Crippen molar-refractivity contribution in [1.29, 1.82) is 0 Å². The molecule has 0 aliphatic carbocycles. The fourth-order valence-electron chi connectivity index (χ4n) is 4.00. The van der Waals surface area contributed by atoms with Gasteiger partial charge in [-0.25, -0.2) is 0 Å². The number of hydrogen-bond acceptors (Lipinski definition) is 4. The minimum Gasteiger partial charge on any atom is -0.469 e. The van der Waals surface area contributed by atoms with Crippen LogP contribution in [-0.4, -0.2) is 35.7 Å². The molecule has 0 aromatic heterocycles. The van der Waals surface area contributed by atoms with Gasteiger partial charge < -0.3 is 9.64 Å². The molecule has 0 bridgehead atoms. The molecule has 178 valence electrons. The van der Waals surface area contributed by atoms with E-state index in [9.17, 15) is 9.59 Å². The quantitative estimate of drug-likeness (QED) is 0.193. The van der Waals surface area contributed by atoms with Gasteiger partial charge >= 0.3 is 5.97 Å². The van der Waals surface area contributed by atoms with Gasteiger partial charge in [0.15, 0.2) is 0 Å². The Morgan fingerprint density at radius 2 is 1.72 bits per heavy atom. The predicted molar refractivity (Wildman–Crippen MR) is 134 cm³/mol. The maximum absolute atomic E-state index is 13.2. The summed E-state index contributed by atoms with van der Waals surface area (Å²) >= 11 is 1.87. The molecule has 1 aliphatic heterocycles. The van der Waals surface area contributed by atoms with E-state index >= 15 is 0 Å². The largest absolute Gasteiger partial charge is 0.469 e. The van der Waals surface area contributed by atoms with Crippen molar-refractivity contribution in [2.24, 2.45) is 5.41 Å². The first-order valence-electron chi connectivity index (χ1n) is 12.0. The Morgan fingerprint density at radius 3 is 2.38 bits per heavy atom. The van der Waals surface area contributed by atoms with E-state index in [2.05, 4.69) is 66.8 Å². The van der Waals surface area contributed by atoms with Gasteiger partial charge in [0.25, 0.3) is 0 Å². The minimum atomic E-state index is -0.107. The average Bonchev–Trinajstić information content (AvgIpc) is 3.18. The van der Waals surface area contributed by atoms with Crippen LogP contribution in [0.15, 0.2) is 42.5 Å². The first-order valence-corrected chi connectivity index (χ1v) is 13.1. The first-order chi connectivity index (χ1) is 15.3. The Bertz CT molecular complexity index is 726. The summed E-state index contributed by atoms with van der Waals surface area (Å²) in [7, 11) is 1.45. The normalized spacial score (nSPS) is 18.9. The van der Waals surface area contributed by atoms with Crippen molar-refractivity contribution in [3.05, 3.63) is 48.0 Å². The molecule has 1 aromatic carbocycles. The molecule has 2 rings (SSSR count). The molecule has 32 heavy (non-hydrogen) atoms. The molecule has 4 nitrogen and oxygen atoms in total. The van der Waals surface area contributed by atoms with Crippen molar-refractivity contribution in [1.82, 2.24) is 4.90 Å². The van der Waals surface area contributed by atoms with E-state index in [1.165, 1.54) is 38.4 Å². The second-order valence-electron chi connectivity index (χ2n) is 9.87. The Balaban J connectivity index is 1.80. The zero-order chi connectivity index (χ0) is 23.4. The zero-order valence-corrected chi connectivity index (χ0v) is 21.2. The molecule has 1 amide bonds. The van der Waals surface area contributed by atoms with Crippen LogP contribution in [0.2, 0.25) is 0 Å². The summed E-state index contributed by atoms with van der Waals surface area (Å²) in [5.74, 6) is 1.09. The van der Waals surface area contributed by atoms with Crippen molar-refractivity contribution in [3.8, 4) is 0 Å². The fraction of sp³-hybridized carbons (Fsp3) is 0.630. The van der Waals surface area contributed by atoms with Gasteiger partial charge in [-0.2, -0.15) is 0 Å². The summed E-state index contributed by atoms with van der Waals surface area (Å²) < 4.78 is 4.67. The molecule has 5 heteroatoms. The van der Waals surface area contributed by atoms with Gasteiger partial charge in [0.1, 0.15) is 5.37 Å². The van der Waals surface area contributed by atoms with E-state index < -0.39 is 0 Å². The zero-order valence-electron chi connectivity index (χ0n) is 20.3. The van der Waals surface area contributed by atoms with E-state index in [0.29, 0.717) is 12.8 Å². The topological polar surface area (TPSA) is 46.6 Å². The second kappa shape index (κ2) is 13.7. The van der Waals surface area contributed by atoms with Gasteiger partial charge in [-0.15, -0.1) is 11.8 Å². The number of carbonyl (C=O) groups is 2. The number of thioether (sulfide) groups is 1. The summed E-state index contributed by atoms with van der Waals surface area (Å²) in [6, 6.07) is 10.6. The van der Waals surface area contributed by atoms with Crippen LogP contribution in [-0.2, 0) is 14.3 Å². The van der Waals surface area contributed by atoms with Crippen LogP contribution < -0.4 is 0 Å². The van der Waals surface area contributed by atoms with Gasteiger partial charge in [-0.1, -0.05) is 88.9 Å². The number of ether oxygens (including phenoxy) is 1. The lowest BCUT2D eigenvalue weighted by molar-refractivity contribution is -0.140. The highest BCUT2D eigenvalue weighted by Gasteiger charge is 2.38. The van der Waals surface area contributed by atoms with Crippen molar-refractivity contribution in [3.63, 3.8) is 0 Å². The Morgan fingerprint density at radius 1 is 1.06 bits per heavy atom. The first kappa shape index (κ1) is 26.5. The molecule has 2 atom stereocenters. The van der Waals surface area contributed by atoms with Crippen LogP contribution in [0, 0.1) is 5.41 Å². The van der Waals surface area contributed by atoms with E-state index in [4.69, 9.17) is 0 Å². The molecule has 0 saturated carbocycles. The van der Waals surface area contributed by atoms with Gasteiger partial charge in [-0.3, -0.25) is 9.59 Å². The number of nitrogens with zero attached hydrogens (tertiary/aromatic N) is 1. The molecule has 0 unspecified atom stereocenters. The Labute approximate surface area is 199 Å². The number of carbonyl (C=O) groups excluding carboxylic acids is 2. The number of unbranched alkanes of at least 4 members (excludes halogenated alkanes) is 6. The van der Waals surface area contributed by atoms with Gasteiger partial charge in [0.05, 0.1) is 13.2 Å². The number of benzene rings is 1. The molecular formula is C27H41NO3S. The lowest BCUT2D eigenvalue weighted by atomic mass is 9.91. The Hall–Kier alpha value is -1.75. The summed E-state index contributed by atoms with van der Waals surface area (Å²) in [6.07, 6.45) is 13.5. The van der Waals surface area contributed by atoms with Crippen LogP contribution in [0.3, 0.4) is 0 Å². The third-order valence-electron chi connectivity index (χ3n) is 5.68. The van der Waals surface area contributed by atoms with Crippen molar-refractivity contribution >= 4 is 23.6 Å². The number of hydrogen-bond donors (Lipinski definition) is 0. The summed E-state index contributed by atoms with van der Waals surface area (Å²) in [6.45, 7) is 6.39. The average molecular weight is 460 g/mol. The molecule has 0 N–H and O–H groups in total. The molecule has 1 fully saturated rings. The predicted octanol–water partition coefficient (Wildman–Crippen LogP) is 6.92. The third kappa shape index (κ3) is 9.40. The van der Waals surface area contributed by atoms with Crippen LogP contribution in [0.25, 0.3) is 0 Å². The molecule has 1 aliphatic rings. The third-order valence-corrected chi connectivity index (χ3v) is 7.03. The van der Waals surface area contributed by atoms with Crippen LogP contribution in [0.1, 0.15) is 89.5 Å². The van der Waals surface area contributed by atoms with Crippen LogP contribution in [0.4, 0.5) is 0 Å². The van der Waals surface area contributed by atoms with Gasteiger partial charge in [-0.05, 0) is 30.2 Å². The highest BCUT2D eigenvalue weighted by Crippen LogP contribution is 2.43. The smallest absolute Gasteiger partial charge is 0.305 e. The molecule has 0 spiro atoms. The summed E-state index contributed by atoms with van der Waals surface area (Å²) in [5, 5.41) is 0.102. The monoisotopic (exact) mass is 459 g/mol. The minimum absolute atomic E-state index is 0.0172. The molecule has 1 heterocycles. The van der Waals surface area contributed by atoms with Crippen molar-refractivity contribution < 1.29 is 14.3 Å². The van der Waals surface area contributed by atoms with Crippen LogP contribution >= 0.6 is 11.8 Å². The molecule has 0 radical (unpaired) electrons. The number of rotatable bonds is 12.